The van der Waals surface area contributed by atoms with Gasteiger partial charge in [-0.15, -0.1) is 6.58 Å². The van der Waals surface area contributed by atoms with Gasteiger partial charge in [0, 0.05) is 17.8 Å². The van der Waals surface area contributed by atoms with Crippen molar-refractivity contribution in [2.45, 2.75) is 71.2 Å². The van der Waals surface area contributed by atoms with E-state index in [-0.39, 0.29) is 16.4 Å². The Kier molecular flexibility index (Phi) is 2.15. The van der Waals surface area contributed by atoms with Crippen LogP contribution in [0.3, 0.4) is 0 Å². The van der Waals surface area contributed by atoms with E-state index in [0.29, 0.717) is 29.1 Å². The van der Waals surface area contributed by atoms with E-state index in [9.17, 15) is 5.11 Å². The van der Waals surface area contributed by atoms with Crippen molar-refractivity contribution in [3.63, 3.8) is 0 Å². The summed E-state index contributed by atoms with van der Waals surface area (Å²) >= 11 is 0. The predicted molar refractivity (Wildman–Crippen MR) is 86.0 cm³/mol. The number of hydrogen-bond donors (Lipinski definition) is 1. The van der Waals surface area contributed by atoms with E-state index in [4.69, 9.17) is 4.74 Å². The van der Waals surface area contributed by atoms with Crippen LogP contribution in [-0.2, 0) is 4.74 Å². The Morgan fingerprint density at radius 1 is 1.18 bits per heavy atom. The molecule has 5 rings (SSSR count). The fourth-order valence-electron chi connectivity index (χ4n) is 8.82. The summed E-state index contributed by atoms with van der Waals surface area (Å²) in [5.41, 5.74) is 0.326. The van der Waals surface area contributed by atoms with Crippen LogP contribution in [0.1, 0.15) is 59.8 Å². The minimum absolute atomic E-state index is 0.00185. The summed E-state index contributed by atoms with van der Waals surface area (Å²) in [6.07, 6.45) is 7.91. The summed E-state index contributed by atoms with van der Waals surface area (Å²) in [7, 11) is 0. The Balaban J connectivity index is 1.83. The maximum atomic E-state index is 11.7. The van der Waals surface area contributed by atoms with Gasteiger partial charge in [0.2, 0.25) is 0 Å². The first-order chi connectivity index (χ1) is 10.2. The van der Waals surface area contributed by atoms with E-state index in [2.05, 4.69) is 40.3 Å². The van der Waals surface area contributed by atoms with Gasteiger partial charge in [0.15, 0.2) is 5.79 Å². The smallest absolute Gasteiger partial charge is 0.173 e. The monoisotopic (exact) mass is 302 g/mol. The molecule has 122 valence electrons. The van der Waals surface area contributed by atoms with Gasteiger partial charge in [-0.1, -0.05) is 26.8 Å². The number of aliphatic hydroxyl groups is 1. The highest BCUT2D eigenvalue weighted by Gasteiger charge is 2.93. The Labute approximate surface area is 134 Å². The highest BCUT2D eigenvalue weighted by Crippen LogP contribution is 2.92. The number of allylic oxidation sites excluding steroid dienone is 1. The van der Waals surface area contributed by atoms with E-state index >= 15 is 0 Å². The summed E-state index contributed by atoms with van der Waals surface area (Å²) in [4.78, 5) is 0. The Morgan fingerprint density at radius 3 is 2.59 bits per heavy atom. The zero-order valence-corrected chi connectivity index (χ0v) is 14.5. The first-order valence-corrected chi connectivity index (χ1v) is 9.28. The van der Waals surface area contributed by atoms with Crippen LogP contribution in [0.15, 0.2) is 12.7 Å². The Morgan fingerprint density at radius 2 is 1.91 bits per heavy atom. The molecular formula is C20H30O2. The molecule has 5 aliphatic rings. The van der Waals surface area contributed by atoms with Gasteiger partial charge < -0.3 is 9.84 Å². The third-order valence-electron chi connectivity index (χ3n) is 9.70. The zero-order valence-electron chi connectivity index (χ0n) is 14.5. The van der Waals surface area contributed by atoms with E-state index in [1.165, 1.54) is 12.8 Å². The second-order valence-corrected chi connectivity index (χ2v) is 9.77. The summed E-state index contributed by atoms with van der Waals surface area (Å²) < 4.78 is 6.60. The predicted octanol–water partition coefficient (Wildman–Crippen LogP) is 4.14. The molecule has 2 bridgehead atoms. The lowest BCUT2D eigenvalue weighted by atomic mass is 9.35. The second-order valence-electron chi connectivity index (χ2n) is 9.77. The van der Waals surface area contributed by atoms with Crippen LogP contribution >= 0.6 is 0 Å². The molecule has 4 saturated carbocycles. The fourth-order valence-corrected chi connectivity index (χ4v) is 8.82. The highest BCUT2D eigenvalue weighted by atomic mass is 16.7. The van der Waals surface area contributed by atoms with Gasteiger partial charge in [-0.25, -0.2) is 0 Å². The van der Waals surface area contributed by atoms with Gasteiger partial charge in [-0.3, -0.25) is 0 Å². The van der Waals surface area contributed by atoms with Gasteiger partial charge in [-0.05, 0) is 61.2 Å². The molecular weight excluding hydrogens is 272 g/mol. The average Bonchev–Trinajstić information content (AvgIpc) is 2.93. The molecule has 1 saturated heterocycles. The summed E-state index contributed by atoms with van der Waals surface area (Å²) in [5.74, 6) is 1.38. The molecule has 2 heteroatoms. The number of rotatable bonds is 1. The zero-order chi connectivity index (χ0) is 15.8. The number of hydrogen-bond acceptors (Lipinski definition) is 2. The normalized spacial score (nSPS) is 71.0. The van der Waals surface area contributed by atoms with Crippen LogP contribution in [0.5, 0.6) is 0 Å². The molecule has 4 aliphatic carbocycles. The largest absolute Gasteiger partial charge is 0.365 e. The van der Waals surface area contributed by atoms with Crippen LogP contribution in [0.2, 0.25) is 0 Å². The highest BCUT2D eigenvalue weighted by molar-refractivity contribution is 5.39. The van der Waals surface area contributed by atoms with Crippen molar-refractivity contribution in [3.8, 4) is 0 Å². The lowest BCUT2D eigenvalue weighted by Crippen LogP contribution is -2.69. The quantitative estimate of drug-likeness (QED) is 0.738. The van der Waals surface area contributed by atoms with Crippen molar-refractivity contribution in [2.75, 3.05) is 0 Å². The molecule has 0 radical (unpaired) electrons. The van der Waals surface area contributed by atoms with E-state index in [0.717, 1.165) is 19.3 Å². The van der Waals surface area contributed by atoms with Crippen LogP contribution in [0.25, 0.3) is 0 Å². The lowest BCUT2D eigenvalue weighted by Gasteiger charge is -2.68. The molecule has 0 aromatic carbocycles. The van der Waals surface area contributed by atoms with Crippen molar-refractivity contribution >= 4 is 0 Å². The lowest BCUT2D eigenvalue weighted by molar-refractivity contribution is -0.329. The van der Waals surface area contributed by atoms with Gasteiger partial charge in [0.05, 0.1) is 5.60 Å². The number of ether oxygens (including phenoxy) is 1. The first kappa shape index (κ1) is 14.0. The molecule has 5 fully saturated rings. The van der Waals surface area contributed by atoms with Crippen molar-refractivity contribution < 1.29 is 9.84 Å². The van der Waals surface area contributed by atoms with Crippen molar-refractivity contribution in [1.82, 2.24) is 0 Å². The SMILES string of the molecule is C=C[C@]1(C)C[C@H]2C3(C)O[C@]4(O)CC[C@@]5(CCC3C)[C@@H](C)[C@H]1[C@]254. The van der Waals surface area contributed by atoms with E-state index in [1.54, 1.807) is 0 Å². The molecule has 2 nitrogen and oxygen atoms in total. The molecule has 1 N–H and O–H groups in total. The van der Waals surface area contributed by atoms with Crippen molar-refractivity contribution in [1.29, 1.82) is 0 Å². The Bertz CT molecular complexity index is 586. The van der Waals surface area contributed by atoms with Gasteiger partial charge in [0.25, 0.3) is 0 Å². The first-order valence-electron chi connectivity index (χ1n) is 9.28. The molecule has 1 aliphatic heterocycles. The molecule has 0 amide bonds. The maximum Gasteiger partial charge on any atom is 0.173 e. The standard InChI is InChI=1S/C20H30O2/c1-6-16(4)11-14-17(5)12(2)7-8-18-9-10-19(21,22-17)20(14,18)15(16)13(18)3/h6,12-15,21H,1,7-11H2,2-5H3/t12?,13-,14-,15+,16+,17?,18-,19+,20+/m0/s1. The summed E-state index contributed by atoms with van der Waals surface area (Å²) in [6.45, 7) is 13.7. The van der Waals surface area contributed by atoms with Crippen LogP contribution in [-0.4, -0.2) is 16.5 Å². The molecule has 1 spiro atoms. The Hall–Kier alpha value is -0.340. The van der Waals surface area contributed by atoms with Crippen LogP contribution in [0, 0.1) is 39.9 Å². The third kappa shape index (κ3) is 0.955. The molecule has 0 aromatic rings. The van der Waals surface area contributed by atoms with E-state index < -0.39 is 5.79 Å². The molecule has 2 unspecified atom stereocenters. The fraction of sp³-hybridized carbons (Fsp3) is 0.900. The summed E-state index contributed by atoms with van der Waals surface area (Å²) in [5, 5.41) is 11.7. The molecule has 1 heterocycles. The molecule has 22 heavy (non-hydrogen) atoms. The summed E-state index contributed by atoms with van der Waals surface area (Å²) in [6, 6.07) is 0. The minimum Gasteiger partial charge on any atom is -0.365 e. The topological polar surface area (TPSA) is 29.5 Å². The van der Waals surface area contributed by atoms with Crippen molar-refractivity contribution in [3.05, 3.63) is 12.7 Å². The second kappa shape index (κ2) is 3.37. The van der Waals surface area contributed by atoms with Gasteiger partial charge >= 0.3 is 0 Å². The maximum absolute atomic E-state index is 11.7. The average molecular weight is 302 g/mol. The van der Waals surface area contributed by atoms with Crippen LogP contribution in [0.4, 0.5) is 0 Å². The third-order valence-corrected chi connectivity index (χ3v) is 9.70. The van der Waals surface area contributed by atoms with E-state index in [1.807, 2.05) is 0 Å². The van der Waals surface area contributed by atoms with Crippen LogP contribution < -0.4 is 0 Å². The molecule has 0 aromatic heterocycles. The molecule has 9 atom stereocenters. The minimum atomic E-state index is -0.876. The van der Waals surface area contributed by atoms with Crippen molar-refractivity contribution in [2.24, 2.45) is 39.9 Å². The van der Waals surface area contributed by atoms with Gasteiger partial charge in [-0.2, -0.15) is 0 Å². The van der Waals surface area contributed by atoms with Gasteiger partial charge in [0.1, 0.15) is 0 Å².